The summed E-state index contributed by atoms with van der Waals surface area (Å²) in [6.45, 7) is 1.15. The number of carbonyl (C=O) groups is 1. The van der Waals surface area contributed by atoms with Crippen LogP contribution in [-0.4, -0.2) is 25.5 Å². The SMILES string of the molecule is CN1c2ccccc2C(=O)C[C@@H]1COCc1ccccc1. The highest BCUT2D eigenvalue weighted by molar-refractivity contribution is 6.03. The van der Waals surface area contributed by atoms with Gasteiger partial charge in [-0.15, -0.1) is 0 Å². The highest BCUT2D eigenvalue weighted by Crippen LogP contribution is 2.29. The number of Topliss-reactive ketones (excluding diaryl/α,β-unsaturated/α-hetero) is 1. The average molecular weight is 281 g/mol. The molecule has 0 spiro atoms. The number of para-hydroxylation sites is 1. The van der Waals surface area contributed by atoms with Gasteiger partial charge >= 0.3 is 0 Å². The average Bonchev–Trinajstić information content (AvgIpc) is 2.53. The number of benzene rings is 2. The van der Waals surface area contributed by atoms with Crippen molar-refractivity contribution in [2.75, 3.05) is 18.6 Å². The van der Waals surface area contributed by atoms with Gasteiger partial charge in [-0.2, -0.15) is 0 Å². The second-order valence-corrected chi connectivity index (χ2v) is 5.41. The molecular formula is C18H19NO2. The van der Waals surface area contributed by atoms with Crippen molar-refractivity contribution in [1.29, 1.82) is 0 Å². The molecule has 0 bridgehead atoms. The van der Waals surface area contributed by atoms with Crippen molar-refractivity contribution in [3.05, 3.63) is 65.7 Å². The van der Waals surface area contributed by atoms with Crippen LogP contribution in [-0.2, 0) is 11.3 Å². The second-order valence-electron chi connectivity index (χ2n) is 5.41. The van der Waals surface area contributed by atoms with E-state index >= 15 is 0 Å². The Morgan fingerprint density at radius 3 is 2.62 bits per heavy atom. The van der Waals surface area contributed by atoms with Crippen LogP contribution in [0.2, 0.25) is 0 Å². The van der Waals surface area contributed by atoms with Crippen LogP contribution in [0.15, 0.2) is 54.6 Å². The maximum Gasteiger partial charge on any atom is 0.167 e. The molecule has 0 aliphatic carbocycles. The maximum absolute atomic E-state index is 12.2. The van der Waals surface area contributed by atoms with Crippen molar-refractivity contribution < 1.29 is 9.53 Å². The molecule has 1 heterocycles. The third kappa shape index (κ3) is 2.98. The zero-order valence-corrected chi connectivity index (χ0v) is 12.2. The lowest BCUT2D eigenvalue weighted by Crippen LogP contribution is -2.41. The van der Waals surface area contributed by atoms with E-state index in [1.807, 2.05) is 61.6 Å². The van der Waals surface area contributed by atoms with E-state index in [4.69, 9.17) is 4.74 Å². The van der Waals surface area contributed by atoms with Gasteiger partial charge in [0.05, 0.1) is 19.3 Å². The van der Waals surface area contributed by atoms with E-state index in [1.54, 1.807) is 0 Å². The van der Waals surface area contributed by atoms with Crippen molar-refractivity contribution in [3.63, 3.8) is 0 Å². The molecule has 0 aromatic heterocycles. The van der Waals surface area contributed by atoms with Crippen LogP contribution in [0.1, 0.15) is 22.3 Å². The van der Waals surface area contributed by atoms with E-state index in [0.717, 1.165) is 16.8 Å². The van der Waals surface area contributed by atoms with Gasteiger partial charge in [-0.3, -0.25) is 4.79 Å². The van der Waals surface area contributed by atoms with Gasteiger partial charge in [-0.25, -0.2) is 0 Å². The van der Waals surface area contributed by atoms with E-state index in [2.05, 4.69) is 4.90 Å². The van der Waals surface area contributed by atoms with Crippen molar-refractivity contribution in [3.8, 4) is 0 Å². The van der Waals surface area contributed by atoms with Crippen LogP contribution in [0.3, 0.4) is 0 Å². The first-order valence-electron chi connectivity index (χ1n) is 7.22. The molecule has 1 atom stereocenters. The van der Waals surface area contributed by atoms with E-state index in [9.17, 15) is 4.79 Å². The monoisotopic (exact) mass is 281 g/mol. The molecule has 0 saturated heterocycles. The number of anilines is 1. The fourth-order valence-corrected chi connectivity index (χ4v) is 2.73. The van der Waals surface area contributed by atoms with Gasteiger partial charge in [-0.1, -0.05) is 42.5 Å². The normalized spacial score (nSPS) is 17.7. The Kier molecular flexibility index (Phi) is 4.02. The van der Waals surface area contributed by atoms with Gasteiger partial charge in [0.1, 0.15) is 0 Å². The Hall–Kier alpha value is -2.13. The number of ether oxygens (including phenoxy) is 1. The summed E-state index contributed by atoms with van der Waals surface area (Å²) in [5.41, 5.74) is 2.98. The lowest BCUT2D eigenvalue weighted by Gasteiger charge is -2.35. The number of likely N-dealkylation sites (N-methyl/N-ethyl adjacent to an activating group) is 1. The van der Waals surface area contributed by atoms with Crippen LogP contribution in [0.5, 0.6) is 0 Å². The molecule has 21 heavy (non-hydrogen) atoms. The molecule has 2 aromatic carbocycles. The molecule has 1 aliphatic heterocycles. The van der Waals surface area contributed by atoms with Crippen molar-refractivity contribution in [1.82, 2.24) is 0 Å². The molecule has 0 radical (unpaired) electrons. The van der Waals surface area contributed by atoms with Crippen molar-refractivity contribution in [2.45, 2.75) is 19.1 Å². The molecule has 1 aliphatic rings. The molecular weight excluding hydrogens is 262 g/mol. The third-order valence-corrected chi connectivity index (χ3v) is 3.97. The summed E-state index contributed by atoms with van der Waals surface area (Å²) in [5.74, 6) is 0.206. The van der Waals surface area contributed by atoms with E-state index in [0.29, 0.717) is 19.6 Å². The first-order valence-corrected chi connectivity index (χ1v) is 7.22. The van der Waals surface area contributed by atoms with Gasteiger partial charge in [0.15, 0.2) is 5.78 Å². The molecule has 0 unspecified atom stereocenters. The number of carbonyl (C=O) groups excluding carboxylic acids is 1. The van der Waals surface area contributed by atoms with Gasteiger partial charge < -0.3 is 9.64 Å². The largest absolute Gasteiger partial charge is 0.375 e. The zero-order valence-electron chi connectivity index (χ0n) is 12.2. The molecule has 3 rings (SSSR count). The Morgan fingerprint density at radius 1 is 1.10 bits per heavy atom. The summed E-state index contributed by atoms with van der Waals surface area (Å²) in [7, 11) is 2.03. The van der Waals surface area contributed by atoms with Gasteiger partial charge in [0.25, 0.3) is 0 Å². The molecule has 2 aromatic rings. The standard InChI is InChI=1S/C18H19NO2/c1-19-15(13-21-12-14-7-3-2-4-8-14)11-18(20)16-9-5-6-10-17(16)19/h2-10,15H,11-13H2,1H3/t15-/m1/s1. The number of hydrogen-bond acceptors (Lipinski definition) is 3. The third-order valence-electron chi connectivity index (χ3n) is 3.97. The minimum absolute atomic E-state index is 0.108. The Bertz CT molecular complexity index is 624. The van der Waals surface area contributed by atoms with Gasteiger partial charge in [0, 0.05) is 24.7 Å². The maximum atomic E-state index is 12.2. The Morgan fingerprint density at radius 2 is 1.81 bits per heavy atom. The highest BCUT2D eigenvalue weighted by Gasteiger charge is 2.28. The fraction of sp³-hybridized carbons (Fsp3) is 0.278. The van der Waals surface area contributed by atoms with E-state index in [1.165, 1.54) is 0 Å². The van der Waals surface area contributed by atoms with Crippen LogP contribution < -0.4 is 4.90 Å². The number of ketones is 1. The Balaban J connectivity index is 1.64. The molecule has 3 nitrogen and oxygen atoms in total. The summed E-state index contributed by atoms with van der Waals surface area (Å²) < 4.78 is 5.80. The lowest BCUT2D eigenvalue weighted by atomic mass is 9.95. The summed E-state index contributed by atoms with van der Waals surface area (Å²) in [6, 6.07) is 18.0. The van der Waals surface area contributed by atoms with Gasteiger partial charge in [-0.05, 0) is 17.7 Å². The molecule has 0 amide bonds. The number of fused-ring (bicyclic) bond motifs is 1. The molecule has 3 heteroatoms. The summed E-state index contributed by atoms with van der Waals surface area (Å²) >= 11 is 0. The quantitative estimate of drug-likeness (QED) is 0.861. The minimum atomic E-state index is 0.108. The minimum Gasteiger partial charge on any atom is -0.375 e. The van der Waals surface area contributed by atoms with Crippen LogP contribution in [0.4, 0.5) is 5.69 Å². The first kappa shape index (κ1) is 13.8. The van der Waals surface area contributed by atoms with Gasteiger partial charge in [0.2, 0.25) is 0 Å². The van der Waals surface area contributed by atoms with Crippen molar-refractivity contribution in [2.24, 2.45) is 0 Å². The summed E-state index contributed by atoms with van der Waals surface area (Å²) in [4.78, 5) is 14.3. The highest BCUT2D eigenvalue weighted by atomic mass is 16.5. The van der Waals surface area contributed by atoms with Crippen LogP contribution in [0.25, 0.3) is 0 Å². The molecule has 0 saturated carbocycles. The summed E-state index contributed by atoms with van der Waals surface area (Å²) in [5, 5.41) is 0. The zero-order chi connectivity index (χ0) is 14.7. The number of nitrogens with zero attached hydrogens (tertiary/aromatic N) is 1. The van der Waals surface area contributed by atoms with Crippen LogP contribution >= 0.6 is 0 Å². The summed E-state index contributed by atoms with van der Waals surface area (Å²) in [6.07, 6.45) is 0.516. The smallest absolute Gasteiger partial charge is 0.167 e. The second kappa shape index (κ2) is 6.10. The number of rotatable bonds is 4. The van der Waals surface area contributed by atoms with Crippen LogP contribution in [0, 0.1) is 0 Å². The van der Waals surface area contributed by atoms with Crippen molar-refractivity contribution >= 4 is 11.5 Å². The van der Waals surface area contributed by atoms with E-state index in [-0.39, 0.29) is 11.8 Å². The molecule has 0 N–H and O–H groups in total. The lowest BCUT2D eigenvalue weighted by molar-refractivity contribution is 0.0851. The topological polar surface area (TPSA) is 29.5 Å². The first-order chi connectivity index (χ1) is 10.3. The molecule has 108 valence electrons. The predicted molar refractivity (Wildman–Crippen MR) is 83.7 cm³/mol. The predicted octanol–water partition coefficient (Wildman–Crippen LogP) is 3.29. The van der Waals surface area contributed by atoms with E-state index < -0.39 is 0 Å². The molecule has 0 fully saturated rings. The fourth-order valence-electron chi connectivity index (χ4n) is 2.73. The number of hydrogen-bond donors (Lipinski definition) is 0. The Labute approximate surface area is 125 Å².